The molecule has 0 spiro atoms. The standard InChI is InChI=1S/C88H90N2/c1-83(2,3)65-36-44-79-75(53-65)76-54-66(84(4,5)6)37-45-80(76)90(79)78-43-35-61-32-40-73-77(42-34-60-33-41-74(78)82(61)81(60)73)89(71-38-30-56(31-39-71)55-22-26-58(27-23-55)63-46-67(85(7,8)9)51-68(47-63)86(10,11)12)72-21-19-20-62(50-72)57-24-28-59(29-25-57)64-48-69(87(13,14)15)52-70(49-64)88(16,17)18/h19-54H,1-18H3. The molecule has 0 amide bonds. The van der Waals surface area contributed by atoms with E-state index in [1.165, 1.54) is 138 Å². The van der Waals surface area contributed by atoms with Crippen molar-refractivity contribution in [2.24, 2.45) is 0 Å². The van der Waals surface area contributed by atoms with Crippen molar-refractivity contribution in [3.63, 3.8) is 0 Å². The van der Waals surface area contributed by atoms with Crippen molar-refractivity contribution < 1.29 is 0 Å². The summed E-state index contributed by atoms with van der Waals surface area (Å²) in [6, 6.07) is 84.4. The summed E-state index contributed by atoms with van der Waals surface area (Å²) in [6.45, 7) is 41.7. The first kappa shape index (κ1) is 60.2. The second-order valence-electron chi connectivity index (χ2n) is 32.1. The second kappa shape index (κ2) is 21.5. The molecule has 0 radical (unpaired) electrons. The average Bonchev–Trinajstić information content (AvgIpc) is 1.81. The molecule has 0 aliphatic rings. The van der Waals surface area contributed by atoms with Gasteiger partial charge in [0.05, 0.1) is 22.4 Å². The first-order valence-corrected chi connectivity index (χ1v) is 32.7. The van der Waals surface area contributed by atoms with Crippen LogP contribution in [0.4, 0.5) is 17.1 Å². The zero-order valence-electron chi connectivity index (χ0n) is 56.7. The topological polar surface area (TPSA) is 8.17 Å². The van der Waals surface area contributed by atoms with Crippen LogP contribution in [0.1, 0.15) is 158 Å². The molecule has 0 saturated carbocycles. The predicted octanol–water partition coefficient (Wildman–Crippen LogP) is 25.6. The second-order valence-corrected chi connectivity index (χ2v) is 32.1. The molecule has 90 heavy (non-hydrogen) atoms. The lowest BCUT2D eigenvalue weighted by Gasteiger charge is -2.28. The van der Waals surface area contributed by atoms with E-state index in [0.29, 0.717) is 0 Å². The maximum absolute atomic E-state index is 2.54. The van der Waals surface area contributed by atoms with Crippen LogP contribution in [0.3, 0.4) is 0 Å². The quantitative estimate of drug-likeness (QED) is 0.138. The van der Waals surface area contributed by atoms with Gasteiger partial charge < -0.3 is 9.47 Å². The molecule has 0 aliphatic carbocycles. The number of fused-ring (bicyclic) bond motifs is 3. The molecule has 13 aromatic rings. The van der Waals surface area contributed by atoms with Gasteiger partial charge in [-0.3, -0.25) is 0 Å². The van der Waals surface area contributed by atoms with E-state index in [9.17, 15) is 0 Å². The van der Waals surface area contributed by atoms with Gasteiger partial charge in [0, 0.05) is 32.9 Å². The summed E-state index contributed by atoms with van der Waals surface area (Å²) >= 11 is 0. The van der Waals surface area contributed by atoms with Crippen molar-refractivity contribution >= 4 is 71.2 Å². The van der Waals surface area contributed by atoms with Gasteiger partial charge in [-0.15, -0.1) is 0 Å². The fourth-order valence-electron chi connectivity index (χ4n) is 13.5. The fraction of sp³-hybridized carbons (Fsp3) is 0.273. The van der Waals surface area contributed by atoms with E-state index in [2.05, 4.69) is 352 Å². The number of hydrogen-bond donors (Lipinski definition) is 0. The van der Waals surface area contributed by atoms with E-state index in [-0.39, 0.29) is 32.5 Å². The van der Waals surface area contributed by atoms with Crippen molar-refractivity contribution in [3.05, 3.63) is 252 Å². The molecule has 2 nitrogen and oxygen atoms in total. The van der Waals surface area contributed by atoms with Crippen LogP contribution in [-0.2, 0) is 32.5 Å². The first-order valence-electron chi connectivity index (χ1n) is 32.7. The number of benzene rings is 12. The number of anilines is 3. The molecular weight excluding hydrogens is 1080 g/mol. The summed E-state index contributed by atoms with van der Waals surface area (Å²) in [7, 11) is 0. The Morgan fingerprint density at radius 1 is 0.244 bits per heavy atom. The summed E-state index contributed by atoms with van der Waals surface area (Å²) in [4.78, 5) is 2.49. The van der Waals surface area contributed by atoms with Crippen molar-refractivity contribution in [2.75, 3.05) is 4.90 Å². The molecule has 0 saturated heterocycles. The summed E-state index contributed by atoms with van der Waals surface area (Å²) in [5, 5.41) is 10.1. The van der Waals surface area contributed by atoms with Crippen LogP contribution in [0.2, 0.25) is 0 Å². The average molecular weight is 1180 g/mol. The summed E-state index contributed by atoms with van der Waals surface area (Å²) in [5.74, 6) is 0. The van der Waals surface area contributed by atoms with Crippen molar-refractivity contribution in [2.45, 2.75) is 157 Å². The molecule has 0 bridgehead atoms. The molecular formula is C88H90N2. The Balaban J connectivity index is 0.952. The van der Waals surface area contributed by atoms with Gasteiger partial charge in [-0.2, -0.15) is 0 Å². The zero-order chi connectivity index (χ0) is 63.8. The van der Waals surface area contributed by atoms with Crippen LogP contribution in [0.5, 0.6) is 0 Å². The van der Waals surface area contributed by atoms with Gasteiger partial charge in [0.2, 0.25) is 0 Å². The van der Waals surface area contributed by atoms with Gasteiger partial charge in [0.25, 0.3) is 0 Å². The minimum Gasteiger partial charge on any atom is -0.310 e. The third kappa shape index (κ3) is 11.1. The molecule has 0 fully saturated rings. The van der Waals surface area contributed by atoms with Gasteiger partial charge in [-0.1, -0.05) is 282 Å². The van der Waals surface area contributed by atoms with Gasteiger partial charge >= 0.3 is 0 Å². The van der Waals surface area contributed by atoms with E-state index in [4.69, 9.17) is 0 Å². The predicted molar refractivity (Wildman–Crippen MR) is 393 cm³/mol. The molecule has 452 valence electrons. The van der Waals surface area contributed by atoms with Gasteiger partial charge in [0.15, 0.2) is 0 Å². The SMILES string of the molecule is CC(C)(C)c1cc(-c2ccc(-c3ccc(N(c4cccc(-c5ccc(-c6cc(C(C)(C)C)cc(C(C)(C)C)c6)cc5)c4)c4ccc5ccc6c(-n7c8ccc(C(C)(C)C)cc8c8cc(C(C)(C)C)ccc87)ccc7ccc4c5c76)cc3)cc2)cc(C(C)(C)C)c1. The minimum absolute atomic E-state index is 0.0118. The van der Waals surface area contributed by atoms with Crippen LogP contribution in [0.25, 0.3) is 104 Å². The van der Waals surface area contributed by atoms with Crippen LogP contribution in [0, 0.1) is 0 Å². The number of nitrogens with zero attached hydrogens (tertiary/aromatic N) is 2. The molecule has 13 rings (SSSR count). The molecule has 12 aromatic carbocycles. The van der Waals surface area contributed by atoms with Gasteiger partial charge in [-0.05, 0) is 193 Å². The minimum atomic E-state index is 0.0118. The zero-order valence-corrected chi connectivity index (χ0v) is 56.7. The third-order valence-corrected chi connectivity index (χ3v) is 19.3. The molecule has 0 aliphatic heterocycles. The number of hydrogen-bond acceptors (Lipinski definition) is 1. The van der Waals surface area contributed by atoms with Gasteiger partial charge in [0.1, 0.15) is 0 Å². The molecule has 1 heterocycles. The van der Waals surface area contributed by atoms with Crippen LogP contribution in [0.15, 0.2) is 218 Å². The molecule has 0 atom stereocenters. The molecule has 1 aromatic heterocycles. The van der Waals surface area contributed by atoms with E-state index in [1.54, 1.807) is 0 Å². The monoisotopic (exact) mass is 1170 g/mol. The third-order valence-electron chi connectivity index (χ3n) is 19.3. The Bertz CT molecular complexity index is 4750. The van der Waals surface area contributed by atoms with Crippen molar-refractivity contribution in [1.82, 2.24) is 4.57 Å². The molecule has 2 heteroatoms. The normalized spacial score (nSPS) is 13.0. The van der Waals surface area contributed by atoms with Gasteiger partial charge in [-0.25, -0.2) is 0 Å². The Kier molecular flexibility index (Phi) is 14.4. The Morgan fingerprint density at radius 3 is 1.04 bits per heavy atom. The number of rotatable bonds is 8. The maximum atomic E-state index is 2.54. The lowest BCUT2D eigenvalue weighted by Crippen LogP contribution is -2.16. The van der Waals surface area contributed by atoms with E-state index >= 15 is 0 Å². The summed E-state index contributed by atoms with van der Waals surface area (Å²) < 4.78 is 2.54. The highest BCUT2D eigenvalue weighted by atomic mass is 15.1. The maximum Gasteiger partial charge on any atom is 0.0541 e. The summed E-state index contributed by atoms with van der Waals surface area (Å²) in [5.41, 5.74) is 25.0. The highest BCUT2D eigenvalue weighted by Crippen LogP contribution is 2.48. The number of aromatic nitrogens is 1. The van der Waals surface area contributed by atoms with Crippen molar-refractivity contribution in [1.29, 1.82) is 0 Å². The highest BCUT2D eigenvalue weighted by molar-refractivity contribution is 6.27. The largest absolute Gasteiger partial charge is 0.310 e. The van der Waals surface area contributed by atoms with E-state index in [0.717, 1.165) is 17.1 Å². The van der Waals surface area contributed by atoms with Crippen molar-refractivity contribution in [3.8, 4) is 50.2 Å². The molecule has 0 unspecified atom stereocenters. The lowest BCUT2D eigenvalue weighted by molar-refractivity contribution is 0.568. The van der Waals surface area contributed by atoms with Crippen LogP contribution < -0.4 is 4.90 Å². The van der Waals surface area contributed by atoms with E-state index < -0.39 is 0 Å². The molecule has 0 N–H and O–H groups in total. The highest BCUT2D eigenvalue weighted by Gasteiger charge is 2.27. The van der Waals surface area contributed by atoms with Crippen LogP contribution in [-0.4, -0.2) is 4.57 Å². The Labute approximate surface area is 536 Å². The lowest BCUT2D eigenvalue weighted by atomic mass is 9.79. The smallest absolute Gasteiger partial charge is 0.0541 e. The fourth-order valence-corrected chi connectivity index (χ4v) is 13.5. The Morgan fingerprint density at radius 2 is 0.611 bits per heavy atom. The first-order chi connectivity index (χ1) is 42.4. The van der Waals surface area contributed by atoms with Crippen LogP contribution >= 0.6 is 0 Å². The summed E-state index contributed by atoms with van der Waals surface area (Å²) in [6.07, 6.45) is 0. The van der Waals surface area contributed by atoms with E-state index in [1.807, 2.05) is 0 Å². The Hall–Kier alpha value is -8.72.